The SMILES string of the molecule is CC1(C)CC(C)(C)CC(N)(Cc2ccc(Br)cn2)C1. The maximum Gasteiger partial charge on any atom is 0.0422 e. The van der Waals surface area contributed by atoms with Crippen LogP contribution in [-0.4, -0.2) is 10.5 Å². The van der Waals surface area contributed by atoms with Crippen molar-refractivity contribution in [3.05, 3.63) is 28.5 Å². The summed E-state index contributed by atoms with van der Waals surface area (Å²) in [4.78, 5) is 4.49. The van der Waals surface area contributed by atoms with Crippen LogP contribution in [-0.2, 0) is 6.42 Å². The number of aromatic nitrogens is 1. The highest BCUT2D eigenvalue weighted by atomic mass is 79.9. The fourth-order valence-electron chi connectivity index (χ4n) is 4.39. The van der Waals surface area contributed by atoms with E-state index in [-0.39, 0.29) is 5.54 Å². The van der Waals surface area contributed by atoms with Gasteiger partial charge in [0.1, 0.15) is 0 Å². The van der Waals surface area contributed by atoms with Crippen LogP contribution in [0.2, 0.25) is 0 Å². The van der Waals surface area contributed by atoms with Crippen LogP contribution in [0.1, 0.15) is 52.7 Å². The average molecular weight is 325 g/mol. The molecule has 2 rings (SSSR count). The quantitative estimate of drug-likeness (QED) is 0.879. The van der Waals surface area contributed by atoms with Crippen LogP contribution in [0.5, 0.6) is 0 Å². The molecule has 1 aliphatic rings. The number of pyridine rings is 1. The molecule has 0 radical (unpaired) electrons. The third-order valence-electron chi connectivity index (χ3n) is 3.94. The van der Waals surface area contributed by atoms with Gasteiger partial charge in [-0.1, -0.05) is 27.7 Å². The Kier molecular flexibility index (Phi) is 3.83. The second-order valence-electron chi connectivity index (χ2n) is 7.87. The van der Waals surface area contributed by atoms with Crippen LogP contribution in [0.25, 0.3) is 0 Å². The van der Waals surface area contributed by atoms with Crippen LogP contribution < -0.4 is 5.73 Å². The van der Waals surface area contributed by atoms with Crippen LogP contribution >= 0.6 is 15.9 Å². The number of hydrogen-bond acceptors (Lipinski definition) is 2. The molecule has 0 saturated heterocycles. The van der Waals surface area contributed by atoms with Crippen LogP contribution in [0.15, 0.2) is 22.8 Å². The topological polar surface area (TPSA) is 38.9 Å². The summed E-state index contributed by atoms with van der Waals surface area (Å²) in [6, 6.07) is 4.12. The summed E-state index contributed by atoms with van der Waals surface area (Å²) in [6.07, 6.45) is 6.11. The van der Waals surface area contributed by atoms with Gasteiger partial charge in [-0.15, -0.1) is 0 Å². The molecule has 0 atom stereocenters. The molecule has 3 heteroatoms. The van der Waals surface area contributed by atoms with E-state index >= 15 is 0 Å². The Hall–Kier alpha value is -0.410. The van der Waals surface area contributed by atoms with Gasteiger partial charge in [0.2, 0.25) is 0 Å². The first-order chi connectivity index (χ1) is 8.59. The van der Waals surface area contributed by atoms with Crippen LogP contribution in [0.4, 0.5) is 0 Å². The normalized spacial score (nSPS) is 24.1. The van der Waals surface area contributed by atoms with Gasteiger partial charge < -0.3 is 5.73 Å². The molecule has 19 heavy (non-hydrogen) atoms. The largest absolute Gasteiger partial charge is 0.325 e. The summed E-state index contributed by atoms with van der Waals surface area (Å²) >= 11 is 3.43. The second-order valence-corrected chi connectivity index (χ2v) is 8.78. The lowest BCUT2D eigenvalue weighted by Gasteiger charge is -2.50. The highest BCUT2D eigenvalue weighted by Crippen LogP contribution is 2.49. The average Bonchev–Trinajstić information content (AvgIpc) is 2.15. The van der Waals surface area contributed by atoms with Crippen LogP contribution in [0, 0.1) is 10.8 Å². The fraction of sp³-hybridized carbons (Fsp3) is 0.688. The maximum absolute atomic E-state index is 6.73. The standard InChI is InChI=1S/C16H25BrN2/c1-14(2)9-15(3,4)11-16(18,10-14)7-13-6-5-12(17)8-19-13/h5-6,8H,7,9-11,18H2,1-4H3. The number of nitrogens with two attached hydrogens (primary N) is 1. The molecule has 0 bridgehead atoms. The van der Waals surface area contributed by atoms with Gasteiger partial charge in [-0.3, -0.25) is 4.98 Å². The van der Waals surface area contributed by atoms with Crippen molar-refractivity contribution in [2.24, 2.45) is 16.6 Å². The molecule has 1 aliphatic carbocycles. The zero-order valence-corrected chi connectivity index (χ0v) is 14.0. The van der Waals surface area contributed by atoms with Crippen molar-refractivity contribution in [3.63, 3.8) is 0 Å². The molecule has 0 amide bonds. The minimum Gasteiger partial charge on any atom is -0.325 e. The van der Waals surface area contributed by atoms with E-state index in [4.69, 9.17) is 5.73 Å². The summed E-state index contributed by atoms with van der Waals surface area (Å²) in [5, 5.41) is 0. The molecule has 0 aromatic carbocycles. The van der Waals surface area contributed by atoms with Gasteiger partial charge in [0.25, 0.3) is 0 Å². The highest BCUT2D eigenvalue weighted by molar-refractivity contribution is 9.10. The Balaban J connectivity index is 2.19. The molecule has 2 nitrogen and oxygen atoms in total. The summed E-state index contributed by atoms with van der Waals surface area (Å²) in [5.41, 5.74) is 8.32. The van der Waals surface area contributed by atoms with E-state index in [0.29, 0.717) is 10.8 Å². The van der Waals surface area contributed by atoms with E-state index in [1.807, 2.05) is 12.3 Å². The van der Waals surface area contributed by atoms with E-state index in [0.717, 1.165) is 29.4 Å². The summed E-state index contributed by atoms with van der Waals surface area (Å²) in [5.74, 6) is 0. The number of nitrogens with zero attached hydrogens (tertiary/aromatic N) is 1. The predicted octanol–water partition coefficient (Wildman–Crippen LogP) is 4.32. The maximum atomic E-state index is 6.73. The molecule has 1 aromatic heterocycles. The number of rotatable bonds is 2. The summed E-state index contributed by atoms with van der Waals surface area (Å²) in [6.45, 7) is 9.35. The molecule has 0 unspecified atom stereocenters. The van der Waals surface area contributed by atoms with Crippen LogP contribution in [0.3, 0.4) is 0 Å². The van der Waals surface area contributed by atoms with Crippen molar-refractivity contribution in [3.8, 4) is 0 Å². The van der Waals surface area contributed by atoms with Crippen molar-refractivity contribution in [1.29, 1.82) is 0 Å². The molecular weight excluding hydrogens is 300 g/mol. The lowest BCUT2D eigenvalue weighted by molar-refractivity contribution is 0.0483. The van der Waals surface area contributed by atoms with Crippen molar-refractivity contribution in [1.82, 2.24) is 4.98 Å². The van der Waals surface area contributed by atoms with Crippen molar-refractivity contribution < 1.29 is 0 Å². The molecule has 0 aliphatic heterocycles. The Morgan fingerprint density at radius 3 is 2.16 bits per heavy atom. The molecule has 106 valence electrons. The lowest BCUT2D eigenvalue weighted by Crippen LogP contribution is -2.53. The van der Waals surface area contributed by atoms with Crippen molar-refractivity contribution >= 4 is 15.9 Å². The Morgan fingerprint density at radius 1 is 1.11 bits per heavy atom. The van der Waals surface area contributed by atoms with E-state index in [1.165, 1.54) is 6.42 Å². The second kappa shape index (κ2) is 4.85. The lowest BCUT2D eigenvalue weighted by atomic mass is 9.58. The Morgan fingerprint density at radius 2 is 1.68 bits per heavy atom. The molecule has 0 spiro atoms. The highest BCUT2D eigenvalue weighted by Gasteiger charge is 2.45. The molecule has 1 aromatic rings. The van der Waals surface area contributed by atoms with Gasteiger partial charge in [-0.2, -0.15) is 0 Å². The first kappa shape index (κ1) is 15.0. The van der Waals surface area contributed by atoms with Crippen molar-refractivity contribution in [2.45, 2.75) is 58.9 Å². The molecule has 1 heterocycles. The van der Waals surface area contributed by atoms with E-state index in [2.05, 4.69) is 54.7 Å². The fourth-order valence-corrected chi connectivity index (χ4v) is 4.62. The zero-order chi connectivity index (χ0) is 14.3. The summed E-state index contributed by atoms with van der Waals surface area (Å²) in [7, 11) is 0. The Labute approximate surface area is 125 Å². The van der Waals surface area contributed by atoms with Crippen molar-refractivity contribution in [2.75, 3.05) is 0 Å². The summed E-state index contributed by atoms with van der Waals surface area (Å²) < 4.78 is 1.02. The van der Waals surface area contributed by atoms with Gasteiger partial charge in [0.15, 0.2) is 0 Å². The number of hydrogen-bond donors (Lipinski definition) is 1. The molecule has 1 saturated carbocycles. The van der Waals surface area contributed by atoms with Gasteiger partial charge in [0.05, 0.1) is 0 Å². The van der Waals surface area contributed by atoms with E-state index in [9.17, 15) is 0 Å². The van der Waals surface area contributed by atoms with E-state index in [1.54, 1.807) is 0 Å². The van der Waals surface area contributed by atoms with Gasteiger partial charge in [0, 0.05) is 28.3 Å². The smallest absolute Gasteiger partial charge is 0.0422 e. The zero-order valence-electron chi connectivity index (χ0n) is 12.5. The molecule has 1 fully saturated rings. The minimum absolute atomic E-state index is 0.133. The van der Waals surface area contributed by atoms with Gasteiger partial charge in [-0.25, -0.2) is 0 Å². The van der Waals surface area contributed by atoms with Gasteiger partial charge in [-0.05, 0) is 58.2 Å². The third-order valence-corrected chi connectivity index (χ3v) is 4.41. The predicted molar refractivity (Wildman–Crippen MR) is 84.0 cm³/mol. The molecular formula is C16H25BrN2. The monoisotopic (exact) mass is 324 g/mol. The molecule has 2 N–H and O–H groups in total. The third kappa shape index (κ3) is 4.03. The Bertz CT molecular complexity index is 432. The number of halogens is 1. The first-order valence-corrected chi connectivity index (χ1v) is 7.78. The minimum atomic E-state index is -0.133. The van der Waals surface area contributed by atoms with Gasteiger partial charge >= 0.3 is 0 Å². The first-order valence-electron chi connectivity index (χ1n) is 6.99. The van der Waals surface area contributed by atoms with E-state index < -0.39 is 0 Å².